The third-order valence-electron chi connectivity index (χ3n) is 4.16. The number of hydrogen-bond donors (Lipinski definition) is 0. The van der Waals surface area contributed by atoms with Crippen molar-refractivity contribution >= 4 is 23.2 Å². The Morgan fingerprint density at radius 3 is 2.73 bits per heavy atom. The first-order valence-corrected chi connectivity index (χ1v) is 9.27. The van der Waals surface area contributed by atoms with Crippen LogP contribution >= 0.6 is 23.2 Å². The molecular weight excluding hydrogens is 315 g/mol. The lowest BCUT2D eigenvalue weighted by Gasteiger charge is -2.13. The fraction of sp³-hybridized carbons (Fsp3) is 0.684. The third kappa shape index (κ3) is 6.37. The third-order valence-corrected chi connectivity index (χ3v) is 4.89. The molecule has 1 atom stereocenters. The molecule has 0 N–H and O–H groups in total. The Labute approximate surface area is 145 Å². The molecule has 0 heterocycles. The van der Waals surface area contributed by atoms with Crippen molar-refractivity contribution in [2.75, 3.05) is 6.61 Å². The van der Waals surface area contributed by atoms with Crippen molar-refractivity contribution in [3.05, 3.63) is 21.7 Å². The van der Waals surface area contributed by atoms with Crippen molar-refractivity contribution in [2.24, 2.45) is 0 Å². The van der Waals surface area contributed by atoms with Crippen molar-refractivity contribution < 1.29 is 4.74 Å². The monoisotopic (exact) mass is 339 g/mol. The molecule has 2 rings (SSSR count). The second kappa shape index (κ2) is 10.4. The zero-order valence-corrected chi connectivity index (χ0v) is 14.7. The first-order valence-electron chi connectivity index (χ1n) is 8.51. The predicted octanol–water partition coefficient (Wildman–Crippen LogP) is 6.11. The number of hydrogen-bond acceptors (Lipinski definition) is 1. The van der Waals surface area contributed by atoms with Gasteiger partial charge >= 0.3 is 0 Å². The van der Waals surface area contributed by atoms with Gasteiger partial charge in [0.1, 0.15) is 6.10 Å². The Bertz CT molecular complexity index is 468. The zero-order chi connectivity index (χ0) is 15.6. The SMILES string of the molecule is ClC1=[C]CC(Cl)=C1CCCCCCOC1C#CCCCCC1. The smallest absolute Gasteiger partial charge is 0.118 e. The van der Waals surface area contributed by atoms with Crippen molar-refractivity contribution in [3.63, 3.8) is 0 Å². The Balaban J connectivity index is 1.51. The van der Waals surface area contributed by atoms with Crippen LogP contribution in [0.15, 0.2) is 15.6 Å². The predicted molar refractivity (Wildman–Crippen MR) is 93.8 cm³/mol. The highest BCUT2D eigenvalue weighted by Crippen LogP contribution is 2.34. The molecule has 0 aromatic heterocycles. The highest BCUT2D eigenvalue weighted by molar-refractivity contribution is 6.36. The van der Waals surface area contributed by atoms with Crippen LogP contribution < -0.4 is 0 Å². The van der Waals surface area contributed by atoms with Gasteiger partial charge < -0.3 is 4.74 Å². The average molecular weight is 340 g/mol. The van der Waals surface area contributed by atoms with Gasteiger partial charge in [-0.25, -0.2) is 0 Å². The summed E-state index contributed by atoms with van der Waals surface area (Å²) in [5.41, 5.74) is 1.10. The van der Waals surface area contributed by atoms with E-state index >= 15 is 0 Å². The van der Waals surface area contributed by atoms with Gasteiger partial charge in [-0.15, -0.1) is 5.92 Å². The molecule has 0 amide bonds. The molecule has 0 fully saturated rings. The molecule has 0 spiro atoms. The standard InChI is InChI=1S/C19H25Cl2O/c20-18-13-14-19(21)17(18)12-8-4-5-9-15-22-16-10-6-2-1-3-7-11-16/h16H,1-6,8-10,12-13,15H2. The van der Waals surface area contributed by atoms with E-state index in [-0.39, 0.29) is 6.10 Å². The molecule has 3 heteroatoms. The molecular formula is C19H25Cl2O. The van der Waals surface area contributed by atoms with Crippen LogP contribution in [-0.4, -0.2) is 12.7 Å². The van der Waals surface area contributed by atoms with E-state index in [4.69, 9.17) is 27.9 Å². The summed E-state index contributed by atoms with van der Waals surface area (Å²) >= 11 is 12.2. The van der Waals surface area contributed by atoms with Crippen molar-refractivity contribution in [2.45, 2.75) is 76.7 Å². The van der Waals surface area contributed by atoms with Crippen molar-refractivity contribution in [1.82, 2.24) is 0 Å². The lowest BCUT2D eigenvalue weighted by atomic mass is 10.1. The molecule has 0 aliphatic heterocycles. The van der Waals surface area contributed by atoms with E-state index in [2.05, 4.69) is 17.9 Å². The minimum absolute atomic E-state index is 0.169. The normalized spacial score (nSPS) is 21.9. The van der Waals surface area contributed by atoms with Gasteiger partial charge in [-0.3, -0.25) is 0 Å². The Morgan fingerprint density at radius 2 is 1.91 bits per heavy atom. The van der Waals surface area contributed by atoms with Crippen LogP contribution in [0.1, 0.15) is 70.6 Å². The fourth-order valence-corrected chi connectivity index (χ4v) is 3.40. The van der Waals surface area contributed by atoms with Gasteiger partial charge in [0.2, 0.25) is 0 Å². The summed E-state index contributed by atoms with van der Waals surface area (Å²) in [6.45, 7) is 0.831. The second-order valence-electron chi connectivity index (χ2n) is 6.00. The molecule has 0 aromatic carbocycles. The zero-order valence-electron chi connectivity index (χ0n) is 13.2. The molecule has 0 saturated heterocycles. The molecule has 2 aliphatic carbocycles. The summed E-state index contributed by atoms with van der Waals surface area (Å²) in [6.07, 6.45) is 15.4. The molecule has 1 nitrogen and oxygen atoms in total. The number of rotatable bonds is 8. The second-order valence-corrected chi connectivity index (χ2v) is 6.83. The first-order chi connectivity index (χ1) is 10.8. The summed E-state index contributed by atoms with van der Waals surface area (Å²) in [5, 5.41) is 1.60. The van der Waals surface area contributed by atoms with E-state index in [9.17, 15) is 0 Å². The van der Waals surface area contributed by atoms with E-state index in [1.165, 1.54) is 32.1 Å². The summed E-state index contributed by atoms with van der Waals surface area (Å²) in [4.78, 5) is 0. The number of unbranched alkanes of at least 4 members (excludes halogenated alkanes) is 3. The van der Waals surface area contributed by atoms with Crippen LogP contribution in [0.4, 0.5) is 0 Å². The summed E-state index contributed by atoms with van der Waals surface area (Å²) in [6, 6.07) is 0. The Morgan fingerprint density at radius 1 is 1.05 bits per heavy atom. The maximum Gasteiger partial charge on any atom is 0.118 e. The number of halogens is 2. The molecule has 2 aliphatic rings. The molecule has 0 aromatic rings. The van der Waals surface area contributed by atoms with E-state index < -0.39 is 0 Å². The lowest BCUT2D eigenvalue weighted by molar-refractivity contribution is 0.0801. The fourth-order valence-electron chi connectivity index (χ4n) is 2.82. The van der Waals surface area contributed by atoms with Gasteiger partial charge in [-0.05, 0) is 50.2 Å². The van der Waals surface area contributed by atoms with E-state index in [1.807, 2.05) is 0 Å². The van der Waals surface area contributed by atoms with Gasteiger partial charge in [0.15, 0.2) is 0 Å². The minimum Gasteiger partial charge on any atom is -0.366 e. The minimum atomic E-state index is 0.169. The largest absolute Gasteiger partial charge is 0.366 e. The van der Waals surface area contributed by atoms with Gasteiger partial charge in [0, 0.05) is 29.5 Å². The molecule has 1 radical (unpaired) electrons. The van der Waals surface area contributed by atoms with Crippen molar-refractivity contribution in [1.29, 1.82) is 0 Å². The number of ether oxygens (including phenoxy) is 1. The van der Waals surface area contributed by atoms with Crippen LogP contribution in [0.3, 0.4) is 0 Å². The highest BCUT2D eigenvalue weighted by atomic mass is 35.5. The summed E-state index contributed by atoms with van der Waals surface area (Å²) < 4.78 is 5.89. The van der Waals surface area contributed by atoms with Crippen LogP contribution in [0.25, 0.3) is 0 Å². The van der Waals surface area contributed by atoms with E-state index in [0.717, 1.165) is 54.3 Å². The topological polar surface area (TPSA) is 9.23 Å². The van der Waals surface area contributed by atoms with Gasteiger partial charge in [-0.2, -0.15) is 0 Å². The van der Waals surface area contributed by atoms with Crippen LogP contribution in [-0.2, 0) is 4.74 Å². The van der Waals surface area contributed by atoms with Gasteiger partial charge in [0.05, 0.1) is 0 Å². The molecule has 22 heavy (non-hydrogen) atoms. The first kappa shape index (κ1) is 17.9. The van der Waals surface area contributed by atoms with Gasteiger partial charge in [-0.1, -0.05) is 48.4 Å². The number of allylic oxidation sites excluding steroid dienone is 4. The molecule has 1 unspecified atom stereocenters. The molecule has 0 bridgehead atoms. The lowest BCUT2D eigenvalue weighted by Crippen LogP contribution is -2.12. The maximum absolute atomic E-state index is 6.13. The highest BCUT2D eigenvalue weighted by Gasteiger charge is 2.14. The quantitative estimate of drug-likeness (QED) is 0.382. The molecule has 121 valence electrons. The van der Waals surface area contributed by atoms with Crippen LogP contribution in [0.5, 0.6) is 0 Å². The Hall–Kier alpha value is -0.420. The van der Waals surface area contributed by atoms with E-state index in [0.29, 0.717) is 6.42 Å². The maximum atomic E-state index is 6.13. The summed E-state index contributed by atoms with van der Waals surface area (Å²) in [5.74, 6) is 6.48. The van der Waals surface area contributed by atoms with Crippen molar-refractivity contribution in [3.8, 4) is 11.8 Å². The summed E-state index contributed by atoms with van der Waals surface area (Å²) in [7, 11) is 0. The van der Waals surface area contributed by atoms with Gasteiger partial charge in [0.25, 0.3) is 0 Å². The molecule has 0 saturated carbocycles. The van der Waals surface area contributed by atoms with E-state index in [1.54, 1.807) is 0 Å². The van der Waals surface area contributed by atoms with Crippen LogP contribution in [0, 0.1) is 17.9 Å². The Kier molecular flexibility index (Phi) is 8.45. The average Bonchev–Trinajstić information content (AvgIpc) is 2.79. The van der Waals surface area contributed by atoms with Crippen LogP contribution in [0.2, 0.25) is 0 Å².